The van der Waals surface area contributed by atoms with Crippen molar-refractivity contribution in [3.8, 4) is 0 Å². The number of likely N-dealkylation sites (tertiary alicyclic amines) is 1. The molecular formula is C10H13NO3. The summed E-state index contributed by atoms with van der Waals surface area (Å²) in [5.41, 5.74) is 0. The van der Waals surface area contributed by atoms with Crippen LogP contribution < -0.4 is 0 Å². The minimum Gasteiger partial charge on any atom is -0.417 e. The molecule has 1 heterocycles. The summed E-state index contributed by atoms with van der Waals surface area (Å²) in [5, 5.41) is 0. The first-order valence-corrected chi connectivity index (χ1v) is 4.50. The molecule has 1 saturated heterocycles. The fourth-order valence-corrected chi connectivity index (χ4v) is 1.60. The van der Waals surface area contributed by atoms with Gasteiger partial charge in [0.2, 0.25) is 5.76 Å². The summed E-state index contributed by atoms with van der Waals surface area (Å²) < 4.78 is 4.78. The van der Waals surface area contributed by atoms with Crippen molar-refractivity contribution in [1.82, 2.24) is 4.90 Å². The zero-order chi connectivity index (χ0) is 10.6. The highest BCUT2D eigenvalue weighted by molar-refractivity contribution is 5.70. The van der Waals surface area contributed by atoms with Crippen LogP contribution in [0.4, 0.5) is 0 Å². The van der Waals surface area contributed by atoms with Gasteiger partial charge in [0.25, 0.3) is 0 Å². The lowest BCUT2D eigenvalue weighted by atomic mass is 10.2. The molecule has 0 aromatic heterocycles. The molecule has 4 nitrogen and oxygen atoms in total. The van der Waals surface area contributed by atoms with Crippen molar-refractivity contribution in [2.75, 3.05) is 6.54 Å². The number of nitrogens with zero attached hydrogens (tertiary/aromatic N) is 1. The molecule has 0 aromatic rings. The molecule has 0 radical (unpaired) electrons. The summed E-state index contributed by atoms with van der Waals surface area (Å²) in [6, 6.07) is -0.172. The van der Waals surface area contributed by atoms with Crippen molar-refractivity contribution in [2.45, 2.75) is 25.8 Å². The van der Waals surface area contributed by atoms with Crippen molar-refractivity contribution < 1.29 is 14.3 Å². The normalized spacial score (nSPS) is 20.1. The number of esters is 1. The van der Waals surface area contributed by atoms with E-state index in [1.54, 1.807) is 12.1 Å². The van der Waals surface area contributed by atoms with Crippen LogP contribution in [0.5, 0.6) is 0 Å². The van der Waals surface area contributed by atoms with E-state index in [-0.39, 0.29) is 11.8 Å². The standard InChI is InChI=1S/C10H13NO3/c1-3-11-6-4-5-9(11)10(7-12)14-8(2)13/h3,9H,1,4-6H2,2H3. The molecule has 1 aliphatic heterocycles. The Kier molecular flexibility index (Phi) is 3.48. The van der Waals surface area contributed by atoms with E-state index in [4.69, 9.17) is 4.74 Å². The van der Waals surface area contributed by atoms with Gasteiger partial charge in [0.1, 0.15) is 0 Å². The second kappa shape index (κ2) is 4.63. The molecule has 0 aromatic carbocycles. The number of carbonyl (C=O) groups excluding carboxylic acids is 2. The monoisotopic (exact) mass is 195 g/mol. The molecule has 76 valence electrons. The number of ether oxygens (including phenoxy) is 1. The lowest BCUT2D eigenvalue weighted by molar-refractivity contribution is -0.137. The second-order valence-corrected chi connectivity index (χ2v) is 3.14. The molecule has 4 heteroatoms. The maximum absolute atomic E-state index is 10.7. The van der Waals surface area contributed by atoms with Gasteiger partial charge in [0.15, 0.2) is 5.94 Å². The van der Waals surface area contributed by atoms with E-state index in [0.717, 1.165) is 19.4 Å². The minimum absolute atomic E-state index is 0.0647. The number of hydrogen-bond donors (Lipinski definition) is 0. The molecule has 0 spiro atoms. The van der Waals surface area contributed by atoms with Gasteiger partial charge in [-0.25, -0.2) is 4.79 Å². The largest absolute Gasteiger partial charge is 0.417 e. The van der Waals surface area contributed by atoms with E-state index in [0.29, 0.717) is 0 Å². The maximum Gasteiger partial charge on any atom is 0.308 e. The molecule has 0 bridgehead atoms. The van der Waals surface area contributed by atoms with Gasteiger partial charge in [-0.3, -0.25) is 4.79 Å². The summed E-state index contributed by atoms with van der Waals surface area (Å²) in [6.07, 6.45) is 3.41. The lowest BCUT2D eigenvalue weighted by Crippen LogP contribution is -2.28. The highest BCUT2D eigenvalue weighted by atomic mass is 16.5. The van der Waals surface area contributed by atoms with E-state index in [9.17, 15) is 9.59 Å². The number of carbonyl (C=O) groups is 1. The van der Waals surface area contributed by atoms with Crippen LogP contribution in [-0.4, -0.2) is 29.4 Å². The van der Waals surface area contributed by atoms with E-state index < -0.39 is 5.97 Å². The van der Waals surface area contributed by atoms with Crippen LogP contribution >= 0.6 is 0 Å². The van der Waals surface area contributed by atoms with Crippen molar-refractivity contribution in [2.24, 2.45) is 0 Å². The summed E-state index contributed by atoms with van der Waals surface area (Å²) in [6.45, 7) is 5.73. The minimum atomic E-state index is -0.487. The first-order chi connectivity index (χ1) is 6.69. The molecule has 1 rings (SSSR count). The average Bonchev–Trinajstić information content (AvgIpc) is 2.61. The third kappa shape index (κ3) is 2.24. The quantitative estimate of drug-likeness (QED) is 0.381. The SMILES string of the molecule is C=CN1CCCC1C(=C=O)OC(C)=O. The zero-order valence-electron chi connectivity index (χ0n) is 8.16. The predicted octanol–water partition coefficient (Wildman–Crippen LogP) is 0.873. The van der Waals surface area contributed by atoms with Crippen LogP contribution in [0, 0.1) is 0 Å². The van der Waals surface area contributed by atoms with Crippen LogP contribution in [0.25, 0.3) is 0 Å². The summed E-state index contributed by atoms with van der Waals surface area (Å²) >= 11 is 0. The van der Waals surface area contributed by atoms with Gasteiger partial charge in [-0.05, 0) is 19.0 Å². The van der Waals surface area contributed by atoms with Gasteiger partial charge in [0, 0.05) is 13.5 Å². The molecule has 0 amide bonds. The van der Waals surface area contributed by atoms with Gasteiger partial charge in [-0.2, -0.15) is 0 Å². The Labute approximate surface area is 82.8 Å². The molecule has 14 heavy (non-hydrogen) atoms. The Balaban J connectivity index is 2.74. The highest BCUT2D eigenvalue weighted by Crippen LogP contribution is 2.22. The molecule has 1 fully saturated rings. The molecule has 1 aliphatic rings. The number of rotatable bonds is 3. The zero-order valence-corrected chi connectivity index (χ0v) is 8.16. The Hall–Kier alpha value is -1.54. The molecule has 0 saturated carbocycles. The van der Waals surface area contributed by atoms with Crippen LogP contribution in [-0.2, 0) is 14.3 Å². The van der Waals surface area contributed by atoms with E-state index in [1.807, 2.05) is 4.90 Å². The van der Waals surface area contributed by atoms with Crippen molar-refractivity contribution in [1.29, 1.82) is 0 Å². The average molecular weight is 195 g/mol. The van der Waals surface area contributed by atoms with Crippen molar-refractivity contribution in [3.05, 3.63) is 18.5 Å². The van der Waals surface area contributed by atoms with Crippen molar-refractivity contribution in [3.63, 3.8) is 0 Å². The Bertz CT molecular complexity index is 292. The lowest BCUT2D eigenvalue weighted by Gasteiger charge is -2.21. The third-order valence-corrected chi connectivity index (χ3v) is 2.19. The van der Waals surface area contributed by atoms with E-state index >= 15 is 0 Å². The fourth-order valence-electron chi connectivity index (χ4n) is 1.60. The number of hydrogen-bond acceptors (Lipinski definition) is 4. The van der Waals surface area contributed by atoms with Crippen LogP contribution in [0.15, 0.2) is 18.5 Å². The maximum atomic E-state index is 10.7. The molecular weight excluding hydrogens is 182 g/mol. The summed E-state index contributed by atoms with van der Waals surface area (Å²) in [5.74, 6) is 1.25. The van der Waals surface area contributed by atoms with Crippen molar-refractivity contribution >= 4 is 11.9 Å². The summed E-state index contributed by atoms with van der Waals surface area (Å²) in [7, 11) is 0. The van der Waals surface area contributed by atoms with E-state index in [1.165, 1.54) is 6.92 Å². The van der Waals surface area contributed by atoms with Crippen LogP contribution in [0.1, 0.15) is 19.8 Å². The molecule has 0 aliphatic carbocycles. The summed E-state index contributed by atoms with van der Waals surface area (Å²) in [4.78, 5) is 23.2. The Morgan fingerprint density at radius 3 is 2.93 bits per heavy atom. The topological polar surface area (TPSA) is 46.6 Å². The predicted molar refractivity (Wildman–Crippen MR) is 50.9 cm³/mol. The first-order valence-electron chi connectivity index (χ1n) is 4.50. The third-order valence-electron chi connectivity index (χ3n) is 2.19. The molecule has 1 atom stereocenters. The van der Waals surface area contributed by atoms with Gasteiger partial charge in [-0.15, -0.1) is 0 Å². The molecule has 1 unspecified atom stereocenters. The van der Waals surface area contributed by atoms with Gasteiger partial charge >= 0.3 is 5.97 Å². The molecule has 0 N–H and O–H groups in total. The van der Waals surface area contributed by atoms with Gasteiger partial charge in [0.05, 0.1) is 6.04 Å². The highest BCUT2D eigenvalue weighted by Gasteiger charge is 2.28. The van der Waals surface area contributed by atoms with Crippen LogP contribution in [0.3, 0.4) is 0 Å². The Morgan fingerprint density at radius 1 is 1.71 bits per heavy atom. The fraction of sp³-hybridized carbons (Fsp3) is 0.500. The van der Waals surface area contributed by atoms with Gasteiger partial charge < -0.3 is 9.64 Å². The first kappa shape index (κ1) is 10.5. The Morgan fingerprint density at radius 2 is 2.43 bits per heavy atom. The second-order valence-electron chi connectivity index (χ2n) is 3.14. The van der Waals surface area contributed by atoms with E-state index in [2.05, 4.69) is 6.58 Å². The smallest absolute Gasteiger partial charge is 0.308 e. The van der Waals surface area contributed by atoms with Crippen LogP contribution in [0.2, 0.25) is 0 Å². The van der Waals surface area contributed by atoms with Gasteiger partial charge in [-0.1, -0.05) is 6.58 Å².